The maximum absolute atomic E-state index is 12.8. The SMILES string of the molecule is COc1cnn2c1CN(C(=O)NCc1c(C)nn(-c3ccccc3C)c1C)CC2. The molecule has 3 heterocycles. The quantitative estimate of drug-likeness (QED) is 0.738. The Hall–Kier alpha value is -3.29. The Kier molecular flexibility index (Phi) is 5.00. The van der Waals surface area contributed by atoms with Crippen molar-refractivity contribution in [3.63, 3.8) is 0 Å². The van der Waals surface area contributed by atoms with E-state index >= 15 is 0 Å². The zero-order chi connectivity index (χ0) is 20.5. The van der Waals surface area contributed by atoms with E-state index in [1.165, 1.54) is 0 Å². The molecule has 0 unspecified atom stereocenters. The number of hydrogen-bond donors (Lipinski definition) is 1. The first-order valence-corrected chi connectivity index (χ1v) is 9.72. The molecule has 3 aromatic rings. The number of rotatable bonds is 4. The molecule has 0 bridgehead atoms. The normalized spacial score (nSPS) is 13.3. The highest BCUT2D eigenvalue weighted by atomic mass is 16.5. The number of nitrogens with one attached hydrogen (secondary N) is 1. The van der Waals surface area contributed by atoms with E-state index in [0.29, 0.717) is 31.9 Å². The van der Waals surface area contributed by atoms with Crippen LogP contribution in [-0.4, -0.2) is 44.1 Å². The lowest BCUT2D eigenvalue weighted by Crippen LogP contribution is -2.44. The number of urea groups is 1. The van der Waals surface area contributed by atoms with Crippen molar-refractivity contribution in [1.82, 2.24) is 29.8 Å². The number of aromatic nitrogens is 4. The minimum absolute atomic E-state index is 0.0954. The van der Waals surface area contributed by atoms with Crippen molar-refractivity contribution < 1.29 is 9.53 Å². The topological polar surface area (TPSA) is 77.2 Å². The Labute approximate surface area is 170 Å². The third-order valence-electron chi connectivity index (χ3n) is 5.54. The summed E-state index contributed by atoms with van der Waals surface area (Å²) in [5.41, 5.74) is 6.14. The summed E-state index contributed by atoms with van der Waals surface area (Å²) in [4.78, 5) is 14.6. The number of ether oxygens (including phenoxy) is 1. The van der Waals surface area contributed by atoms with Gasteiger partial charge in [-0.2, -0.15) is 10.2 Å². The van der Waals surface area contributed by atoms with Gasteiger partial charge < -0.3 is 15.0 Å². The molecule has 0 aliphatic carbocycles. The van der Waals surface area contributed by atoms with Gasteiger partial charge in [-0.1, -0.05) is 18.2 Å². The molecule has 0 saturated carbocycles. The zero-order valence-electron chi connectivity index (χ0n) is 17.3. The first-order valence-electron chi connectivity index (χ1n) is 9.72. The molecule has 0 saturated heterocycles. The molecule has 4 rings (SSSR count). The van der Waals surface area contributed by atoms with Crippen LogP contribution in [0.5, 0.6) is 5.75 Å². The van der Waals surface area contributed by atoms with Gasteiger partial charge in [0.1, 0.15) is 0 Å². The zero-order valence-corrected chi connectivity index (χ0v) is 17.3. The Morgan fingerprint density at radius 1 is 1.21 bits per heavy atom. The number of fused-ring (bicyclic) bond motifs is 1. The van der Waals surface area contributed by atoms with Crippen LogP contribution in [0.1, 0.15) is 28.2 Å². The van der Waals surface area contributed by atoms with E-state index in [-0.39, 0.29) is 6.03 Å². The predicted molar refractivity (Wildman–Crippen MR) is 109 cm³/mol. The van der Waals surface area contributed by atoms with Crippen molar-refractivity contribution >= 4 is 6.03 Å². The van der Waals surface area contributed by atoms with Crippen molar-refractivity contribution in [3.8, 4) is 11.4 Å². The summed E-state index contributed by atoms with van der Waals surface area (Å²) in [6.45, 7) is 8.29. The number of para-hydroxylation sites is 1. The maximum Gasteiger partial charge on any atom is 0.318 e. The van der Waals surface area contributed by atoms with Crippen LogP contribution in [0.15, 0.2) is 30.5 Å². The van der Waals surface area contributed by atoms with Crippen molar-refractivity contribution in [2.75, 3.05) is 13.7 Å². The highest BCUT2D eigenvalue weighted by Crippen LogP contribution is 2.23. The summed E-state index contributed by atoms with van der Waals surface area (Å²) in [5, 5.41) is 12.1. The summed E-state index contributed by atoms with van der Waals surface area (Å²) in [6.07, 6.45) is 1.70. The van der Waals surface area contributed by atoms with Gasteiger partial charge >= 0.3 is 6.03 Å². The summed E-state index contributed by atoms with van der Waals surface area (Å²) < 4.78 is 9.19. The van der Waals surface area contributed by atoms with E-state index in [4.69, 9.17) is 9.84 Å². The Morgan fingerprint density at radius 2 is 2.00 bits per heavy atom. The molecule has 29 heavy (non-hydrogen) atoms. The molecule has 1 aromatic carbocycles. The number of amides is 2. The largest absolute Gasteiger partial charge is 0.493 e. The second kappa shape index (κ2) is 7.62. The molecule has 1 aliphatic rings. The molecule has 0 spiro atoms. The van der Waals surface area contributed by atoms with E-state index < -0.39 is 0 Å². The second-order valence-electron chi connectivity index (χ2n) is 7.31. The van der Waals surface area contributed by atoms with Gasteiger partial charge in [0.05, 0.1) is 43.5 Å². The molecule has 2 aromatic heterocycles. The molecule has 8 nitrogen and oxygen atoms in total. The van der Waals surface area contributed by atoms with E-state index in [0.717, 1.165) is 33.9 Å². The lowest BCUT2D eigenvalue weighted by atomic mass is 10.1. The van der Waals surface area contributed by atoms with Gasteiger partial charge in [0.2, 0.25) is 0 Å². The standard InChI is InChI=1S/C21H26N6O2/c1-14-7-5-6-8-18(14)27-16(3)17(15(2)24-27)11-22-21(28)25-9-10-26-19(13-25)20(29-4)12-23-26/h5-8,12H,9-11,13H2,1-4H3,(H,22,28). The highest BCUT2D eigenvalue weighted by molar-refractivity contribution is 5.74. The average Bonchev–Trinajstić information content (AvgIpc) is 3.26. The van der Waals surface area contributed by atoms with E-state index in [1.807, 2.05) is 35.3 Å². The summed E-state index contributed by atoms with van der Waals surface area (Å²) >= 11 is 0. The van der Waals surface area contributed by atoms with Gasteiger partial charge in [0.25, 0.3) is 0 Å². The fourth-order valence-corrected chi connectivity index (χ4v) is 3.81. The summed E-state index contributed by atoms with van der Waals surface area (Å²) in [6, 6.07) is 8.06. The van der Waals surface area contributed by atoms with Gasteiger partial charge in [-0.15, -0.1) is 0 Å². The van der Waals surface area contributed by atoms with Crippen molar-refractivity contribution in [3.05, 3.63) is 58.7 Å². The molecule has 1 aliphatic heterocycles. The van der Waals surface area contributed by atoms with Crippen molar-refractivity contribution in [1.29, 1.82) is 0 Å². The smallest absolute Gasteiger partial charge is 0.318 e. The molecular formula is C21H26N6O2. The second-order valence-corrected chi connectivity index (χ2v) is 7.31. The maximum atomic E-state index is 12.8. The number of methoxy groups -OCH3 is 1. The monoisotopic (exact) mass is 394 g/mol. The van der Waals surface area contributed by atoms with E-state index in [2.05, 4.69) is 29.5 Å². The molecule has 1 N–H and O–H groups in total. The Morgan fingerprint density at radius 3 is 2.76 bits per heavy atom. The van der Waals surface area contributed by atoms with Crippen LogP contribution in [0.25, 0.3) is 5.69 Å². The first kappa shape index (κ1) is 19.0. The molecule has 0 atom stereocenters. The molecule has 152 valence electrons. The van der Waals surface area contributed by atoms with Crippen LogP contribution >= 0.6 is 0 Å². The number of aryl methyl sites for hydroxylation is 2. The third kappa shape index (κ3) is 3.46. The fraction of sp³-hybridized carbons (Fsp3) is 0.381. The van der Waals surface area contributed by atoms with Gasteiger partial charge in [-0.05, 0) is 32.4 Å². The highest BCUT2D eigenvalue weighted by Gasteiger charge is 2.25. The molecule has 0 radical (unpaired) electrons. The summed E-state index contributed by atoms with van der Waals surface area (Å²) in [7, 11) is 1.62. The van der Waals surface area contributed by atoms with Gasteiger partial charge in [0.15, 0.2) is 5.75 Å². The third-order valence-corrected chi connectivity index (χ3v) is 5.54. The Balaban J connectivity index is 1.47. The van der Waals surface area contributed by atoms with Crippen molar-refractivity contribution in [2.45, 2.75) is 40.4 Å². The lowest BCUT2D eigenvalue weighted by Gasteiger charge is -2.28. The van der Waals surface area contributed by atoms with Gasteiger partial charge in [0, 0.05) is 24.3 Å². The van der Waals surface area contributed by atoms with Crippen LogP contribution in [-0.2, 0) is 19.6 Å². The van der Waals surface area contributed by atoms with Gasteiger partial charge in [-0.25, -0.2) is 9.48 Å². The molecule has 0 fully saturated rings. The number of benzene rings is 1. The Bertz CT molecular complexity index is 1040. The molecule has 8 heteroatoms. The van der Waals surface area contributed by atoms with E-state index in [1.54, 1.807) is 18.2 Å². The number of carbonyl (C=O) groups excluding carboxylic acids is 1. The van der Waals surface area contributed by atoms with E-state index in [9.17, 15) is 4.79 Å². The van der Waals surface area contributed by atoms with Crippen LogP contribution in [0.3, 0.4) is 0 Å². The van der Waals surface area contributed by atoms with Crippen molar-refractivity contribution in [2.24, 2.45) is 0 Å². The number of hydrogen-bond acceptors (Lipinski definition) is 4. The average molecular weight is 394 g/mol. The lowest BCUT2D eigenvalue weighted by molar-refractivity contribution is 0.179. The minimum Gasteiger partial charge on any atom is -0.493 e. The molecular weight excluding hydrogens is 368 g/mol. The van der Waals surface area contributed by atoms with Gasteiger partial charge in [-0.3, -0.25) is 4.68 Å². The first-order chi connectivity index (χ1) is 14.0. The molecule has 2 amide bonds. The number of carbonyl (C=O) groups is 1. The number of nitrogens with zero attached hydrogens (tertiary/aromatic N) is 5. The summed E-state index contributed by atoms with van der Waals surface area (Å²) in [5.74, 6) is 0.716. The van der Waals surface area contributed by atoms with Crippen LogP contribution in [0.2, 0.25) is 0 Å². The minimum atomic E-state index is -0.0954. The van der Waals surface area contributed by atoms with Crippen LogP contribution < -0.4 is 10.1 Å². The van der Waals surface area contributed by atoms with Crippen LogP contribution in [0, 0.1) is 20.8 Å². The predicted octanol–water partition coefficient (Wildman–Crippen LogP) is 2.73. The van der Waals surface area contributed by atoms with Crippen LogP contribution in [0.4, 0.5) is 4.79 Å². The fourth-order valence-electron chi connectivity index (χ4n) is 3.81.